The minimum Gasteiger partial charge on any atom is -0.469 e. The second-order valence-corrected chi connectivity index (χ2v) is 4.87. The number of nitrogens with zero attached hydrogens (tertiary/aromatic N) is 1. The molecule has 2 N–H and O–H groups in total. The van der Waals surface area contributed by atoms with Crippen LogP contribution >= 0.6 is 0 Å². The molecule has 0 saturated heterocycles. The number of hydrogen-bond acceptors (Lipinski definition) is 3. The second-order valence-electron chi connectivity index (χ2n) is 4.87. The first kappa shape index (κ1) is 13.9. The van der Waals surface area contributed by atoms with Gasteiger partial charge in [-0.25, -0.2) is 0 Å². The van der Waals surface area contributed by atoms with E-state index in [9.17, 15) is 0 Å². The largest absolute Gasteiger partial charge is 0.469 e. The zero-order chi connectivity index (χ0) is 13.5. The van der Waals surface area contributed by atoms with Gasteiger partial charge < -0.3 is 19.8 Å². The molecule has 1 heterocycles. The lowest BCUT2D eigenvalue weighted by molar-refractivity contribution is 0.165. The Morgan fingerprint density at radius 2 is 2.42 bits per heavy atom. The van der Waals surface area contributed by atoms with Crippen molar-refractivity contribution in [3.8, 4) is 0 Å². The standard InChI is InChI=1S/C14H23N3O2/c1-15-14(16-8-7-12-4-3-9-19-12)17-13(10-18-2)11-5-6-11/h3-4,9,11,13H,5-8,10H2,1-2H3,(H2,15,16,17). The zero-order valence-corrected chi connectivity index (χ0v) is 11.7. The van der Waals surface area contributed by atoms with Crippen molar-refractivity contribution < 1.29 is 9.15 Å². The highest BCUT2D eigenvalue weighted by Gasteiger charge is 2.31. The first-order valence-electron chi connectivity index (χ1n) is 6.82. The van der Waals surface area contributed by atoms with Crippen LogP contribution in [0.3, 0.4) is 0 Å². The number of aliphatic imine (C=N–C) groups is 1. The molecule has 1 aliphatic carbocycles. The van der Waals surface area contributed by atoms with Crippen LogP contribution in [0.5, 0.6) is 0 Å². The van der Waals surface area contributed by atoms with Gasteiger partial charge in [-0.15, -0.1) is 0 Å². The van der Waals surface area contributed by atoms with Crippen LogP contribution in [0.1, 0.15) is 18.6 Å². The van der Waals surface area contributed by atoms with Crippen molar-refractivity contribution in [2.24, 2.45) is 10.9 Å². The molecule has 1 unspecified atom stereocenters. The molecule has 1 aromatic rings. The normalized spacial score (nSPS) is 17.3. The molecule has 0 aromatic carbocycles. The monoisotopic (exact) mass is 265 g/mol. The smallest absolute Gasteiger partial charge is 0.191 e. The van der Waals surface area contributed by atoms with E-state index in [1.807, 2.05) is 12.1 Å². The Hall–Kier alpha value is -1.49. The third kappa shape index (κ3) is 4.59. The van der Waals surface area contributed by atoms with Gasteiger partial charge in [-0.3, -0.25) is 4.99 Å². The van der Waals surface area contributed by atoms with Crippen molar-refractivity contribution in [2.75, 3.05) is 27.3 Å². The van der Waals surface area contributed by atoms with E-state index in [-0.39, 0.29) is 0 Å². The molecule has 1 atom stereocenters. The van der Waals surface area contributed by atoms with Gasteiger partial charge >= 0.3 is 0 Å². The number of guanidine groups is 1. The highest BCUT2D eigenvalue weighted by Crippen LogP contribution is 2.32. The maximum absolute atomic E-state index is 5.30. The molecule has 0 spiro atoms. The molecule has 1 aliphatic rings. The van der Waals surface area contributed by atoms with E-state index in [0.717, 1.165) is 37.2 Å². The molecule has 0 aliphatic heterocycles. The maximum Gasteiger partial charge on any atom is 0.191 e. The predicted octanol–water partition coefficient (Wildman–Crippen LogP) is 1.41. The number of rotatable bonds is 7. The van der Waals surface area contributed by atoms with E-state index in [2.05, 4.69) is 15.6 Å². The summed E-state index contributed by atoms with van der Waals surface area (Å²) >= 11 is 0. The van der Waals surface area contributed by atoms with Crippen LogP contribution in [0.15, 0.2) is 27.8 Å². The molecule has 0 radical (unpaired) electrons. The molecular formula is C14H23N3O2. The molecule has 5 nitrogen and oxygen atoms in total. The summed E-state index contributed by atoms with van der Waals surface area (Å²) < 4.78 is 10.6. The van der Waals surface area contributed by atoms with Gasteiger partial charge in [-0.2, -0.15) is 0 Å². The van der Waals surface area contributed by atoms with Crippen LogP contribution in [-0.4, -0.2) is 39.3 Å². The third-order valence-corrected chi connectivity index (χ3v) is 3.33. The summed E-state index contributed by atoms with van der Waals surface area (Å²) in [6.07, 6.45) is 5.12. The SMILES string of the molecule is CN=C(NCCc1ccco1)NC(COC)C1CC1. The molecule has 1 saturated carbocycles. The summed E-state index contributed by atoms with van der Waals surface area (Å²) in [6, 6.07) is 4.25. The second kappa shape index (κ2) is 7.19. The average molecular weight is 265 g/mol. The Morgan fingerprint density at radius 3 is 3.00 bits per heavy atom. The lowest BCUT2D eigenvalue weighted by Gasteiger charge is -2.20. The summed E-state index contributed by atoms with van der Waals surface area (Å²) in [4.78, 5) is 4.25. The van der Waals surface area contributed by atoms with E-state index in [1.165, 1.54) is 12.8 Å². The van der Waals surface area contributed by atoms with Crippen molar-refractivity contribution in [1.82, 2.24) is 10.6 Å². The summed E-state index contributed by atoms with van der Waals surface area (Å²) in [5, 5.41) is 6.73. The topological polar surface area (TPSA) is 58.8 Å². The third-order valence-electron chi connectivity index (χ3n) is 3.33. The van der Waals surface area contributed by atoms with E-state index in [0.29, 0.717) is 6.04 Å². The Labute approximate surface area is 114 Å². The number of methoxy groups -OCH3 is 1. The number of ether oxygens (including phenoxy) is 1. The van der Waals surface area contributed by atoms with Crippen LogP contribution < -0.4 is 10.6 Å². The summed E-state index contributed by atoms with van der Waals surface area (Å²) in [7, 11) is 3.53. The van der Waals surface area contributed by atoms with Gasteiger partial charge in [0.25, 0.3) is 0 Å². The molecular weight excluding hydrogens is 242 g/mol. The average Bonchev–Trinajstić information content (AvgIpc) is 3.14. The summed E-state index contributed by atoms with van der Waals surface area (Å²) in [6.45, 7) is 1.53. The quantitative estimate of drug-likeness (QED) is 0.578. The van der Waals surface area contributed by atoms with E-state index < -0.39 is 0 Å². The van der Waals surface area contributed by atoms with Crippen LogP contribution in [0.4, 0.5) is 0 Å². The minimum absolute atomic E-state index is 0.361. The van der Waals surface area contributed by atoms with Gasteiger partial charge in [0.15, 0.2) is 5.96 Å². The van der Waals surface area contributed by atoms with Crippen LogP contribution in [0, 0.1) is 5.92 Å². The summed E-state index contributed by atoms with van der Waals surface area (Å²) in [5.41, 5.74) is 0. The lowest BCUT2D eigenvalue weighted by atomic mass is 10.2. The highest BCUT2D eigenvalue weighted by molar-refractivity contribution is 5.80. The molecule has 106 valence electrons. The van der Waals surface area contributed by atoms with Crippen molar-refractivity contribution in [2.45, 2.75) is 25.3 Å². The van der Waals surface area contributed by atoms with Crippen LogP contribution in [0.25, 0.3) is 0 Å². The Morgan fingerprint density at radius 1 is 1.58 bits per heavy atom. The predicted molar refractivity (Wildman–Crippen MR) is 75.3 cm³/mol. The van der Waals surface area contributed by atoms with Gasteiger partial charge in [-0.05, 0) is 30.9 Å². The fraction of sp³-hybridized carbons (Fsp3) is 0.643. The fourth-order valence-electron chi connectivity index (χ4n) is 2.10. The van der Waals surface area contributed by atoms with Crippen molar-refractivity contribution in [1.29, 1.82) is 0 Å². The first-order chi connectivity index (χ1) is 9.33. The van der Waals surface area contributed by atoms with Crippen molar-refractivity contribution in [3.05, 3.63) is 24.2 Å². The maximum atomic E-state index is 5.30. The lowest BCUT2D eigenvalue weighted by Crippen LogP contribution is -2.46. The molecule has 5 heteroatoms. The van der Waals surface area contributed by atoms with Gasteiger partial charge in [0.1, 0.15) is 5.76 Å². The van der Waals surface area contributed by atoms with Crippen molar-refractivity contribution in [3.63, 3.8) is 0 Å². The van der Waals surface area contributed by atoms with Gasteiger partial charge in [-0.1, -0.05) is 0 Å². The van der Waals surface area contributed by atoms with Crippen LogP contribution in [-0.2, 0) is 11.2 Å². The Bertz CT molecular complexity index is 385. The molecule has 2 rings (SSSR count). The van der Waals surface area contributed by atoms with Gasteiger partial charge in [0.2, 0.25) is 0 Å². The minimum atomic E-state index is 0.361. The Balaban J connectivity index is 1.73. The fourth-order valence-corrected chi connectivity index (χ4v) is 2.10. The molecule has 0 amide bonds. The van der Waals surface area contributed by atoms with Gasteiger partial charge in [0.05, 0.1) is 18.9 Å². The first-order valence-corrected chi connectivity index (χ1v) is 6.82. The van der Waals surface area contributed by atoms with Gasteiger partial charge in [0, 0.05) is 27.1 Å². The highest BCUT2D eigenvalue weighted by atomic mass is 16.5. The van der Waals surface area contributed by atoms with Crippen LogP contribution in [0.2, 0.25) is 0 Å². The van der Waals surface area contributed by atoms with E-state index in [1.54, 1.807) is 20.4 Å². The number of nitrogens with one attached hydrogen (secondary N) is 2. The van der Waals surface area contributed by atoms with E-state index >= 15 is 0 Å². The molecule has 1 fully saturated rings. The number of furan rings is 1. The molecule has 19 heavy (non-hydrogen) atoms. The Kier molecular flexibility index (Phi) is 5.27. The van der Waals surface area contributed by atoms with Crippen molar-refractivity contribution >= 4 is 5.96 Å². The molecule has 1 aromatic heterocycles. The number of hydrogen-bond donors (Lipinski definition) is 2. The zero-order valence-electron chi connectivity index (χ0n) is 11.7. The summed E-state index contributed by atoms with van der Waals surface area (Å²) in [5.74, 6) is 2.54. The molecule has 0 bridgehead atoms. The van der Waals surface area contributed by atoms with E-state index in [4.69, 9.17) is 9.15 Å².